The molecule has 0 aliphatic rings. The molecule has 0 aliphatic carbocycles. The average molecular weight is 320 g/mol. The van der Waals surface area contributed by atoms with Gasteiger partial charge in [0.05, 0.1) is 14.2 Å². The molecule has 2 rings (SSSR count). The van der Waals surface area contributed by atoms with Gasteiger partial charge in [0.15, 0.2) is 0 Å². The number of rotatable bonds is 6. The first-order valence-electron chi connectivity index (χ1n) is 6.59. The quantitative estimate of drug-likeness (QED) is 0.813. The third-order valence-corrected chi connectivity index (χ3v) is 3.07. The van der Waals surface area contributed by atoms with Gasteiger partial charge >= 0.3 is 5.97 Å². The predicted molar refractivity (Wildman–Crippen MR) is 79.9 cm³/mol. The van der Waals surface area contributed by atoms with Crippen molar-refractivity contribution in [1.82, 2.24) is 14.8 Å². The lowest BCUT2D eigenvalue weighted by atomic mass is 10.1. The number of carboxylic acids is 1. The third kappa shape index (κ3) is 3.76. The van der Waals surface area contributed by atoms with E-state index in [0.29, 0.717) is 17.1 Å². The van der Waals surface area contributed by atoms with Crippen LogP contribution in [0.15, 0.2) is 18.5 Å². The van der Waals surface area contributed by atoms with Crippen LogP contribution < -0.4 is 14.8 Å². The van der Waals surface area contributed by atoms with Crippen molar-refractivity contribution in [1.29, 1.82) is 0 Å². The topological polar surface area (TPSA) is 116 Å². The fourth-order valence-corrected chi connectivity index (χ4v) is 1.96. The molecule has 122 valence electrons. The lowest BCUT2D eigenvalue weighted by Gasteiger charge is -2.12. The van der Waals surface area contributed by atoms with Gasteiger partial charge in [-0.1, -0.05) is 0 Å². The highest BCUT2D eigenvalue weighted by Gasteiger charge is 2.15. The Morgan fingerprint density at radius 3 is 2.39 bits per heavy atom. The SMILES string of the molecule is COc1cc(C(=O)Nc2ncn(CC(=O)O)n2)cc(OC)c1C. The average Bonchev–Trinajstić information content (AvgIpc) is 2.93. The number of ether oxygens (including phenoxy) is 2. The van der Waals surface area contributed by atoms with Crippen molar-refractivity contribution < 1.29 is 24.2 Å². The molecule has 0 saturated carbocycles. The van der Waals surface area contributed by atoms with Crippen molar-refractivity contribution in [2.24, 2.45) is 0 Å². The molecule has 9 nitrogen and oxygen atoms in total. The molecule has 23 heavy (non-hydrogen) atoms. The minimum Gasteiger partial charge on any atom is -0.496 e. The highest BCUT2D eigenvalue weighted by Crippen LogP contribution is 2.29. The minimum absolute atomic E-state index is 0.00904. The highest BCUT2D eigenvalue weighted by atomic mass is 16.5. The van der Waals surface area contributed by atoms with Gasteiger partial charge in [-0.25, -0.2) is 9.67 Å². The molecule has 1 aromatic carbocycles. The van der Waals surface area contributed by atoms with Gasteiger partial charge < -0.3 is 14.6 Å². The van der Waals surface area contributed by atoms with E-state index in [2.05, 4.69) is 15.4 Å². The number of nitrogens with zero attached hydrogens (tertiary/aromatic N) is 3. The summed E-state index contributed by atoms with van der Waals surface area (Å²) in [6.07, 6.45) is 1.22. The largest absolute Gasteiger partial charge is 0.496 e. The van der Waals surface area contributed by atoms with E-state index in [1.807, 2.05) is 6.92 Å². The van der Waals surface area contributed by atoms with Crippen LogP contribution in [-0.2, 0) is 11.3 Å². The van der Waals surface area contributed by atoms with Crippen molar-refractivity contribution in [3.8, 4) is 11.5 Å². The molecule has 0 radical (unpaired) electrons. The Hall–Kier alpha value is -3.10. The molecular weight excluding hydrogens is 304 g/mol. The zero-order valence-electron chi connectivity index (χ0n) is 12.9. The van der Waals surface area contributed by atoms with Crippen LogP contribution >= 0.6 is 0 Å². The smallest absolute Gasteiger partial charge is 0.325 e. The zero-order chi connectivity index (χ0) is 17.0. The Morgan fingerprint density at radius 2 is 1.87 bits per heavy atom. The number of carboxylic acid groups (broad SMARTS) is 1. The summed E-state index contributed by atoms with van der Waals surface area (Å²) in [5.74, 6) is -0.483. The zero-order valence-corrected chi connectivity index (χ0v) is 12.9. The van der Waals surface area contributed by atoms with Crippen LogP contribution in [-0.4, -0.2) is 46.0 Å². The molecule has 2 N–H and O–H groups in total. The number of aliphatic carboxylic acids is 1. The number of carbonyl (C=O) groups excluding carboxylic acids is 1. The van der Waals surface area contributed by atoms with Crippen LogP contribution in [0, 0.1) is 6.92 Å². The summed E-state index contributed by atoms with van der Waals surface area (Å²) >= 11 is 0. The standard InChI is InChI=1S/C14H16N4O5/c1-8-10(22-2)4-9(5-11(8)23-3)13(21)16-14-15-7-18(17-14)6-12(19)20/h4-5,7H,6H2,1-3H3,(H,19,20)(H,16,17,21). The van der Waals surface area contributed by atoms with Crippen LogP contribution in [0.4, 0.5) is 5.95 Å². The lowest BCUT2D eigenvalue weighted by Crippen LogP contribution is -2.15. The van der Waals surface area contributed by atoms with Gasteiger partial charge in [0.25, 0.3) is 5.91 Å². The predicted octanol–water partition coefficient (Wildman–Crippen LogP) is 0.941. The second-order valence-electron chi connectivity index (χ2n) is 4.62. The van der Waals surface area contributed by atoms with E-state index >= 15 is 0 Å². The van der Waals surface area contributed by atoms with E-state index in [1.165, 1.54) is 20.5 Å². The van der Waals surface area contributed by atoms with Crippen molar-refractivity contribution >= 4 is 17.8 Å². The number of carbonyl (C=O) groups is 2. The molecule has 0 bridgehead atoms. The van der Waals surface area contributed by atoms with Crippen LogP contribution in [0.2, 0.25) is 0 Å². The summed E-state index contributed by atoms with van der Waals surface area (Å²) in [6.45, 7) is 1.48. The summed E-state index contributed by atoms with van der Waals surface area (Å²) in [4.78, 5) is 26.7. The fourth-order valence-electron chi connectivity index (χ4n) is 1.96. The Kier molecular flexibility index (Phi) is 4.79. The number of hydrogen-bond donors (Lipinski definition) is 2. The third-order valence-electron chi connectivity index (χ3n) is 3.07. The van der Waals surface area contributed by atoms with E-state index in [9.17, 15) is 9.59 Å². The maximum atomic E-state index is 12.3. The molecule has 0 atom stereocenters. The summed E-state index contributed by atoms with van der Waals surface area (Å²) in [5.41, 5.74) is 1.08. The number of benzene rings is 1. The molecule has 1 amide bonds. The van der Waals surface area contributed by atoms with Gasteiger partial charge in [-0.15, -0.1) is 5.10 Å². The van der Waals surface area contributed by atoms with Gasteiger partial charge in [-0.3, -0.25) is 14.9 Å². The maximum absolute atomic E-state index is 12.3. The maximum Gasteiger partial charge on any atom is 0.325 e. The van der Waals surface area contributed by atoms with E-state index in [1.54, 1.807) is 12.1 Å². The summed E-state index contributed by atoms with van der Waals surface area (Å²) < 4.78 is 11.5. The summed E-state index contributed by atoms with van der Waals surface area (Å²) in [7, 11) is 3.00. The number of amides is 1. The molecular formula is C14H16N4O5. The second-order valence-corrected chi connectivity index (χ2v) is 4.62. The Morgan fingerprint density at radius 1 is 1.26 bits per heavy atom. The number of methoxy groups -OCH3 is 2. The van der Waals surface area contributed by atoms with Gasteiger partial charge in [0, 0.05) is 11.1 Å². The molecule has 0 saturated heterocycles. The molecule has 2 aromatic rings. The first-order chi connectivity index (χ1) is 10.9. The molecule has 0 fully saturated rings. The van der Waals surface area contributed by atoms with Crippen molar-refractivity contribution in [2.75, 3.05) is 19.5 Å². The van der Waals surface area contributed by atoms with Crippen molar-refractivity contribution in [3.63, 3.8) is 0 Å². The number of hydrogen-bond acceptors (Lipinski definition) is 6. The van der Waals surface area contributed by atoms with E-state index in [4.69, 9.17) is 14.6 Å². The molecule has 9 heteroatoms. The van der Waals surface area contributed by atoms with Gasteiger partial charge in [0.1, 0.15) is 24.4 Å². The van der Waals surface area contributed by atoms with Crippen molar-refractivity contribution in [3.05, 3.63) is 29.6 Å². The van der Waals surface area contributed by atoms with E-state index < -0.39 is 11.9 Å². The first kappa shape index (κ1) is 16.3. The molecule has 1 heterocycles. The van der Waals surface area contributed by atoms with Crippen LogP contribution in [0.3, 0.4) is 0 Å². The monoisotopic (exact) mass is 320 g/mol. The van der Waals surface area contributed by atoms with Crippen LogP contribution in [0.1, 0.15) is 15.9 Å². The Bertz CT molecular complexity index is 716. The molecule has 0 aliphatic heterocycles. The van der Waals surface area contributed by atoms with Gasteiger partial charge in [-0.05, 0) is 19.1 Å². The summed E-state index contributed by atoms with van der Waals surface area (Å²) in [5, 5.41) is 15.0. The van der Waals surface area contributed by atoms with E-state index in [0.717, 1.165) is 10.2 Å². The fraction of sp³-hybridized carbons (Fsp3) is 0.286. The number of anilines is 1. The van der Waals surface area contributed by atoms with Crippen molar-refractivity contribution in [2.45, 2.75) is 13.5 Å². The Balaban J connectivity index is 2.20. The molecule has 1 aromatic heterocycles. The van der Waals surface area contributed by atoms with Crippen LogP contribution in [0.5, 0.6) is 11.5 Å². The molecule has 0 unspecified atom stereocenters. The number of nitrogens with one attached hydrogen (secondary N) is 1. The van der Waals surface area contributed by atoms with Gasteiger partial charge in [0.2, 0.25) is 5.95 Å². The lowest BCUT2D eigenvalue weighted by molar-refractivity contribution is -0.137. The van der Waals surface area contributed by atoms with E-state index in [-0.39, 0.29) is 12.5 Å². The Labute approximate surface area is 131 Å². The normalized spacial score (nSPS) is 10.2. The number of aromatic nitrogens is 3. The van der Waals surface area contributed by atoms with Gasteiger partial charge in [-0.2, -0.15) is 0 Å². The molecule has 0 spiro atoms. The van der Waals surface area contributed by atoms with Crippen LogP contribution in [0.25, 0.3) is 0 Å². The minimum atomic E-state index is -1.05. The second kappa shape index (κ2) is 6.77. The highest BCUT2D eigenvalue weighted by molar-refractivity contribution is 6.04. The first-order valence-corrected chi connectivity index (χ1v) is 6.59. The summed E-state index contributed by atoms with van der Waals surface area (Å²) in [6, 6.07) is 3.14.